The second kappa shape index (κ2) is 11.9. The smallest absolute Gasteiger partial charge is 0.259 e. The highest BCUT2D eigenvalue weighted by atomic mass is 16.2. The lowest BCUT2D eigenvalue weighted by atomic mass is 10.0. The lowest BCUT2D eigenvalue weighted by Crippen LogP contribution is -2.49. The van der Waals surface area contributed by atoms with Crippen molar-refractivity contribution in [3.8, 4) is 0 Å². The van der Waals surface area contributed by atoms with Crippen molar-refractivity contribution in [2.24, 2.45) is 5.73 Å². The normalized spacial score (nSPS) is 11.9. The molecular weight excluding hydrogens is 504 g/mol. The maximum Gasteiger partial charge on any atom is 0.259 e. The predicted molar refractivity (Wildman–Crippen MR) is 158 cm³/mol. The Hall–Kier alpha value is -4.82. The Morgan fingerprint density at radius 1 is 0.800 bits per heavy atom. The molecule has 0 saturated heterocycles. The largest absolute Gasteiger partial charge is 0.353 e. The lowest BCUT2D eigenvalue weighted by molar-refractivity contribution is -0.129. The van der Waals surface area contributed by atoms with Crippen LogP contribution in [0.15, 0.2) is 101 Å². The molecular formula is C32H30N4O4. The van der Waals surface area contributed by atoms with Crippen LogP contribution < -0.4 is 27.4 Å². The second-order valence-corrected chi connectivity index (χ2v) is 9.68. The Kier molecular flexibility index (Phi) is 7.98. The predicted octanol–water partition coefficient (Wildman–Crippen LogP) is 2.86. The van der Waals surface area contributed by atoms with E-state index in [9.17, 15) is 19.2 Å². The first-order chi connectivity index (χ1) is 19.5. The summed E-state index contributed by atoms with van der Waals surface area (Å²) in [6.45, 7) is 0.602. The number of nitrogens with two attached hydrogens (primary N) is 1. The molecule has 0 unspecified atom stereocenters. The van der Waals surface area contributed by atoms with E-state index in [4.69, 9.17) is 5.73 Å². The molecule has 202 valence electrons. The molecule has 0 aliphatic rings. The second-order valence-electron chi connectivity index (χ2n) is 9.68. The number of para-hydroxylation sites is 1. The maximum atomic E-state index is 13.5. The highest BCUT2D eigenvalue weighted by Gasteiger charge is 2.21. The molecule has 5 aromatic rings. The maximum absolute atomic E-state index is 13.5. The number of carbonyl (C=O) groups excluding carboxylic acids is 2. The molecule has 40 heavy (non-hydrogen) atoms. The number of nitrogens with zero attached hydrogens (tertiary/aromatic N) is 1. The minimum Gasteiger partial charge on any atom is -0.353 e. The van der Waals surface area contributed by atoms with Gasteiger partial charge < -0.3 is 20.9 Å². The minimum absolute atomic E-state index is 0.0381. The van der Waals surface area contributed by atoms with E-state index in [2.05, 4.69) is 10.6 Å². The molecule has 2 amide bonds. The summed E-state index contributed by atoms with van der Waals surface area (Å²) in [6, 6.07) is 26.6. The Morgan fingerprint density at radius 3 is 2.25 bits per heavy atom. The average molecular weight is 535 g/mol. The zero-order chi connectivity index (χ0) is 28.1. The van der Waals surface area contributed by atoms with Crippen molar-refractivity contribution in [1.82, 2.24) is 15.2 Å². The number of amides is 2. The van der Waals surface area contributed by atoms with Crippen LogP contribution in [0.2, 0.25) is 0 Å². The summed E-state index contributed by atoms with van der Waals surface area (Å²) in [4.78, 5) is 52.9. The number of rotatable bonds is 9. The number of carbonyl (C=O) groups is 2. The molecule has 0 fully saturated rings. The number of aromatic nitrogens is 1. The first-order valence-corrected chi connectivity index (χ1v) is 13.3. The molecule has 1 heterocycles. The van der Waals surface area contributed by atoms with Gasteiger partial charge in [-0.2, -0.15) is 0 Å². The molecule has 5 rings (SSSR count). The Labute approximate surface area is 230 Å². The van der Waals surface area contributed by atoms with Gasteiger partial charge in [0.25, 0.3) is 5.56 Å². The molecule has 1 aromatic heterocycles. The molecule has 0 saturated carbocycles. The SMILES string of the molecule is NCCNC(=O)[C@@H](Cc1ccc2ccccc2c1)NC(=O)CCn1c(=O)c2ccccc2c(=O)c2ccccc21. The van der Waals surface area contributed by atoms with E-state index in [1.165, 1.54) is 4.57 Å². The molecule has 0 spiro atoms. The number of aryl methyl sites for hydroxylation is 1. The van der Waals surface area contributed by atoms with E-state index in [-0.39, 0.29) is 48.9 Å². The van der Waals surface area contributed by atoms with Gasteiger partial charge in [-0.25, -0.2) is 0 Å². The summed E-state index contributed by atoms with van der Waals surface area (Å²) in [5.41, 5.74) is 6.33. The molecule has 4 aromatic carbocycles. The van der Waals surface area contributed by atoms with Gasteiger partial charge in [-0.15, -0.1) is 0 Å². The Morgan fingerprint density at radius 2 is 1.48 bits per heavy atom. The van der Waals surface area contributed by atoms with Gasteiger partial charge in [0, 0.05) is 43.2 Å². The van der Waals surface area contributed by atoms with Crippen molar-refractivity contribution in [1.29, 1.82) is 0 Å². The van der Waals surface area contributed by atoms with Crippen LogP contribution in [0.3, 0.4) is 0 Å². The van der Waals surface area contributed by atoms with E-state index in [0.29, 0.717) is 28.1 Å². The van der Waals surface area contributed by atoms with Crippen LogP contribution >= 0.6 is 0 Å². The minimum atomic E-state index is -0.824. The quantitative estimate of drug-likeness (QED) is 0.268. The van der Waals surface area contributed by atoms with Crippen LogP contribution in [0.5, 0.6) is 0 Å². The molecule has 8 heteroatoms. The third-order valence-corrected chi connectivity index (χ3v) is 7.00. The van der Waals surface area contributed by atoms with Gasteiger partial charge in [0.15, 0.2) is 5.43 Å². The average Bonchev–Trinajstić information content (AvgIpc) is 3.07. The van der Waals surface area contributed by atoms with Crippen LogP contribution in [0.25, 0.3) is 32.4 Å². The van der Waals surface area contributed by atoms with Gasteiger partial charge in [-0.05, 0) is 34.5 Å². The van der Waals surface area contributed by atoms with E-state index in [1.54, 1.807) is 48.5 Å². The number of hydrogen-bond donors (Lipinski definition) is 3. The fourth-order valence-electron chi connectivity index (χ4n) is 5.00. The fraction of sp³-hybridized carbons (Fsp3) is 0.188. The van der Waals surface area contributed by atoms with Gasteiger partial charge in [0.05, 0.1) is 10.9 Å². The van der Waals surface area contributed by atoms with Crippen molar-refractivity contribution in [2.45, 2.75) is 25.4 Å². The third-order valence-electron chi connectivity index (χ3n) is 7.00. The zero-order valence-electron chi connectivity index (χ0n) is 21.9. The molecule has 4 N–H and O–H groups in total. The van der Waals surface area contributed by atoms with Crippen LogP contribution in [0.1, 0.15) is 12.0 Å². The van der Waals surface area contributed by atoms with Crippen LogP contribution in [-0.4, -0.2) is 35.5 Å². The Balaban J connectivity index is 1.41. The number of nitrogens with one attached hydrogen (secondary N) is 2. The standard InChI is InChI=1S/C32H30N4O4/c33-16-17-34-31(39)27(20-21-13-14-22-7-1-2-8-23(22)19-21)35-29(37)15-18-36-28-12-6-5-11-26(28)30(38)24-9-3-4-10-25(24)32(36)40/h1-14,19,27H,15-18,20,33H2,(H,34,39)(H,35,37)/t27-/m1/s1. The van der Waals surface area contributed by atoms with Crippen molar-refractivity contribution in [3.63, 3.8) is 0 Å². The third kappa shape index (κ3) is 5.62. The summed E-state index contributed by atoms with van der Waals surface area (Å²) in [6.07, 6.45) is 0.231. The highest BCUT2D eigenvalue weighted by molar-refractivity contribution is 5.91. The number of benzene rings is 4. The van der Waals surface area contributed by atoms with E-state index >= 15 is 0 Å². The van der Waals surface area contributed by atoms with E-state index in [0.717, 1.165) is 16.3 Å². The van der Waals surface area contributed by atoms with Gasteiger partial charge >= 0.3 is 0 Å². The molecule has 8 nitrogen and oxygen atoms in total. The number of hydrogen-bond acceptors (Lipinski definition) is 5. The van der Waals surface area contributed by atoms with Crippen molar-refractivity contribution in [3.05, 3.63) is 117 Å². The first-order valence-electron chi connectivity index (χ1n) is 13.3. The topological polar surface area (TPSA) is 123 Å². The summed E-state index contributed by atoms with van der Waals surface area (Å²) >= 11 is 0. The van der Waals surface area contributed by atoms with Gasteiger partial charge in [-0.1, -0.05) is 72.8 Å². The van der Waals surface area contributed by atoms with Crippen LogP contribution in [-0.2, 0) is 22.6 Å². The van der Waals surface area contributed by atoms with Crippen LogP contribution in [0.4, 0.5) is 0 Å². The zero-order valence-corrected chi connectivity index (χ0v) is 21.9. The summed E-state index contributed by atoms with van der Waals surface area (Å²) in [5.74, 6) is -0.717. The summed E-state index contributed by atoms with van der Waals surface area (Å²) < 4.78 is 1.46. The molecule has 0 aliphatic carbocycles. The van der Waals surface area contributed by atoms with Gasteiger partial charge in [0.2, 0.25) is 11.8 Å². The van der Waals surface area contributed by atoms with Gasteiger partial charge in [-0.3, -0.25) is 19.2 Å². The Bertz CT molecular complexity index is 1850. The first kappa shape index (κ1) is 26.8. The molecule has 0 aliphatic heterocycles. The van der Waals surface area contributed by atoms with Gasteiger partial charge in [0.1, 0.15) is 6.04 Å². The summed E-state index contributed by atoms with van der Waals surface area (Å²) in [5, 5.41) is 8.76. The van der Waals surface area contributed by atoms with Crippen molar-refractivity contribution in [2.75, 3.05) is 13.1 Å². The lowest BCUT2D eigenvalue weighted by Gasteiger charge is -2.19. The monoisotopic (exact) mass is 534 g/mol. The van der Waals surface area contributed by atoms with E-state index < -0.39 is 6.04 Å². The molecule has 0 radical (unpaired) electrons. The van der Waals surface area contributed by atoms with Crippen molar-refractivity contribution < 1.29 is 9.59 Å². The molecule has 0 bridgehead atoms. The molecule has 1 atom stereocenters. The fourth-order valence-corrected chi connectivity index (χ4v) is 5.00. The highest BCUT2D eigenvalue weighted by Crippen LogP contribution is 2.17. The van der Waals surface area contributed by atoms with Crippen LogP contribution in [0, 0.1) is 0 Å². The van der Waals surface area contributed by atoms with Crippen molar-refractivity contribution >= 4 is 44.3 Å². The number of fused-ring (bicyclic) bond motifs is 3. The van der Waals surface area contributed by atoms with E-state index in [1.807, 2.05) is 42.5 Å². The summed E-state index contributed by atoms with van der Waals surface area (Å²) in [7, 11) is 0.